The molecule has 1 N–H and O–H groups in total. The van der Waals surface area contributed by atoms with Crippen molar-refractivity contribution in [2.24, 2.45) is 0 Å². The number of morpholine rings is 1. The molecule has 12 heteroatoms. The molecule has 192 valence electrons. The Hall–Kier alpha value is -4.06. The molecular formula is C25H26FN7O4. The number of nitrogens with zero attached hydrogens (tertiary/aromatic N) is 6. The molecule has 0 aliphatic carbocycles. The lowest BCUT2D eigenvalue weighted by Gasteiger charge is -2.30. The zero-order valence-corrected chi connectivity index (χ0v) is 20.3. The van der Waals surface area contributed by atoms with Gasteiger partial charge in [-0.15, -0.1) is 0 Å². The highest BCUT2D eigenvalue weighted by atomic mass is 19.1. The van der Waals surface area contributed by atoms with E-state index in [-0.39, 0.29) is 5.69 Å². The van der Waals surface area contributed by atoms with E-state index in [1.54, 1.807) is 18.3 Å². The lowest BCUT2D eigenvalue weighted by molar-refractivity contribution is 0.102. The van der Waals surface area contributed by atoms with Gasteiger partial charge in [0, 0.05) is 49.7 Å². The summed E-state index contributed by atoms with van der Waals surface area (Å²) in [7, 11) is 0. The molecule has 4 aromatic rings. The highest BCUT2D eigenvalue weighted by molar-refractivity contribution is 6.05. The lowest BCUT2D eigenvalue weighted by atomic mass is 10.1. The van der Waals surface area contributed by atoms with Crippen molar-refractivity contribution in [3.8, 4) is 11.5 Å². The number of piperidine rings is 1. The van der Waals surface area contributed by atoms with Crippen molar-refractivity contribution in [2.45, 2.75) is 25.9 Å². The molecule has 2 aliphatic rings. The summed E-state index contributed by atoms with van der Waals surface area (Å²) in [5.41, 5.74) is 2.95. The number of ether oxygens (including phenoxy) is 1. The second kappa shape index (κ2) is 9.77. The Kier molecular flexibility index (Phi) is 6.16. The number of hydrogen-bond donors (Lipinski definition) is 1. The SMILES string of the molecule is Cc1cc(-c2nc(C(=O)Nc3cc4oc(N5CCOCC5)nc4nc3N3CCC(F)CC3)co2)ccn1. The molecule has 6 heterocycles. The summed E-state index contributed by atoms with van der Waals surface area (Å²) in [5.74, 6) is 0.374. The summed E-state index contributed by atoms with van der Waals surface area (Å²) < 4.78 is 30.8. The largest absolute Gasteiger partial charge is 0.444 e. The Morgan fingerprint density at radius 3 is 2.68 bits per heavy atom. The van der Waals surface area contributed by atoms with Gasteiger partial charge < -0.3 is 28.7 Å². The van der Waals surface area contributed by atoms with E-state index in [0.717, 1.165) is 11.3 Å². The zero-order chi connectivity index (χ0) is 25.4. The smallest absolute Gasteiger partial charge is 0.300 e. The fourth-order valence-electron chi connectivity index (χ4n) is 4.50. The third-order valence-corrected chi connectivity index (χ3v) is 6.49. The van der Waals surface area contributed by atoms with E-state index in [9.17, 15) is 9.18 Å². The molecule has 1 amide bonds. The fraction of sp³-hybridized carbons (Fsp3) is 0.400. The van der Waals surface area contributed by atoms with Crippen LogP contribution in [0.1, 0.15) is 29.0 Å². The van der Waals surface area contributed by atoms with Crippen LogP contribution in [0.25, 0.3) is 22.7 Å². The van der Waals surface area contributed by atoms with Gasteiger partial charge in [0.2, 0.25) is 11.5 Å². The number of carbonyl (C=O) groups is 1. The topological polar surface area (TPSA) is 123 Å². The first kappa shape index (κ1) is 23.3. The molecule has 0 unspecified atom stereocenters. The number of rotatable bonds is 5. The van der Waals surface area contributed by atoms with E-state index in [4.69, 9.17) is 18.6 Å². The number of fused-ring (bicyclic) bond motifs is 1. The number of pyridine rings is 2. The number of hydrogen-bond acceptors (Lipinski definition) is 10. The van der Waals surface area contributed by atoms with Crippen LogP contribution in [0.2, 0.25) is 0 Å². The van der Waals surface area contributed by atoms with Gasteiger partial charge >= 0.3 is 0 Å². The maximum atomic E-state index is 13.9. The van der Waals surface area contributed by atoms with Crippen LogP contribution >= 0.6 is 0 Å². The summed E-state index contributed by atoms with van der Waals surface area (Å²) in [6.07, 6.45) is 2.91. The summed E-state index contributed by atoms with van der Waals surface area (Å²) in [5, 5.41) is 2.90. The second-order valence-corrected chi connectivity index (χ2v) is 9.12. The van der Waals surface area contributed by atoms with Gasteiger partial charge in [-0.1, -0.05) is 0 Å². The normalized spacial score (nSPS) is 16.9. The van der Waals surface area contributed by atoms with Crippen molar-refractivity contribution >= 4 is 34.7 Å². The first-order valence-corrected chi connectivity index (χ1v) is 12.3. The van der Waals surface area contributed by atoms with Gasteiger partial charge in [-0.05, 0) is 31.9 Å². The number of aromatic nitrogens is 4. The summed E-state index contributed by atoms with van der Waals surface area (Å²) in [4.78, 5) is 35.0. The molecule has 0 atom stereocenters. The molecule has 11 nitrogen and oxygen atoms in total. The van der Waals surface area contributed by atoms with Crippen LogP contribution < -0.4 is 15.1 Å². The minimum absolute atomic E-state index is 0.115. The van der Waals surface area contributed by atoms with Crippen LogP contribution in [0.3, 0.4) is 0 Å². The molecule has 0 radical (unpaired) electrons. The van der Waals surface area contributed by atoms with Crippen LogP contribution in [-0.2, 0) is 4.74 Å². The molecule has 37 heavy (non-hydrogen) atoms. The van der Waals surface area contributed by atoms with E-state index in [0.29, 0.717) is 86.9 Å². The molecule has 4 aromatic heterocycles. The molecule has 2 aliphatic heterocycles. The monoisotopic (exact) mass is 507 g/mol. The van der Waals surface area contributed by atoms with Gasteiger partial charge in [0.1, 0.15) is 12.4 Å². The van der Waals surface area contributed by atoms with Crippen molar-refractivity contribution in [1.82, 2.24) is 19.9 Å². The van der Waals surface area contributed by atoms with Crippen LogP contribution in [0.4, 0.5) is 21.9 Å². The first-order chi connectivity index (χ1) is 18.0. The average molecular weight is 508 g/mol. The molecule has 2 saturated heterocycles. The van der Waals surface area contributed by atoms with Crippen molar-refractivity contribution in [2.75, 3.05) is 54.5 Å². The van der Waals surface area contributed by atoms with Crippen molar-refractivity contribution in [3.05, 3.63) is 42.0 Å². The van der Waals surface area contributed by atoms with Gasteiger partial charge in [-0.25, -0.2) is 14.4 Å². The van der Waals surface area contributed by atoms with Gasteiger partial charge in [-0.3, -0.25) is 9.78 Å². The minimum Gasteiger partial charge on any atom is -0.444 e. The molecule has 0 saturated carbocycles. The van der Waals surface area contributed by atoms with Gasteiger partial charge in [0.05, 0.1) is 18.9 Å². The Morgan fingerprint density at radius 1 is 1.08 bits per heavy atom. The van der Waals surface area contributed by atoms with Crippen molar-refractivity contribution in [1.29, 1.82) is 0 Å². The van der Waals surface area contributed by atoms with Gasteiger partial charge in [-0.2, -0.15) is 4.98 Å². The quantitative estimate of drug-likeness (QED) is 0.429. The van der Waals surface area contributed by atoms with Crippen LogP contribution in [0, 0.1) is 6.92 Å². The van der Waals surface area contributed by atoms with Crippen molar-refractivity contribution in [3.63, 3.8) is 0 Å². The van der Waals surface area contributed by atoms with Crippen LogP contribution in [-0.4, -0.2) is 71.4 Å². The van der Waals surface area contributed by atoms with Crippen molar-refractivity contribution < 1.29 is 22.8 Å². The highest BCUT2D eigenvalue weighted by Crippen LogP contribution is 2.33. The second-order valence-electron chi connectivity index (χ2n) is 9.12. The zero-order valence-electron chi connectivity index (χ0n) is 20.3. The fourth-order valence-corrected chi connectivity index (χ4v) is 4.50. The Morgan fingerprint density at radius 2 is 1.89 bits per heavy atom. The number of halogens is 1. The molecule has 6 rings (SSSR count). The van der Waals surface area contributed by atoms with Crippen LogP contribution in [0.15, 0.2) is 39.5 Å². The third-order valence-electron chi connectivity index (χ3n) is 6.49. The molecular weight excluding hydrogens is 481 g/mol. The maximum absolute atomic E-state index is 13.9. The highest BCUT2D eigenvalue weighted by Gasteiger charge is 2.26. The summed E-state index contributed by atoms with van der Waals surface area (Å²) in [6.45, 7) is 5.34. The average Bonchev–Trinajstić information content (AvgIpc) is 3.57. The number of aryl methyl sites for hydroxylation is 1. The molecule has 0 spiro atoms. The lowest BCUT2D eigenvalue weighted by Crippen LogP contribution is -2.36. The van der Waals surface area contributed by atoms with E-state index in [1.165, 1.54) is 6.26 Å². The number of alkyl halides is 1. The summed E-state index contributed by atoms with van der Waals surface area (Å²) >= 11 is 0. The molecule has 0 aromatic carbocycles. The molecule has 0 bridgehead atoms. The number of nitrogens with one attached hydrogen (secondary N) is 1. The first-order valence-electron chi connectivity index (χ1n) is 12.3. The summed E-state index contributed by atoms with van der Waals surface area (Å²) in [6, 6.07) is 5.76. The molecule has 2 fully saturated rings. The minimum atomic E-state index is -0.844. The number of carbonyl (C=O) groups excluding carboxylic acids is 1. The van der Waals surface area contributed by atoms with E-state index in [2.05, 4.69) is 20.3 Å². The maximum Gasteiger partial charge on any atom is 0.300 e. The van der Waals surface area contributed by atoms with Gasteiger partial charge in [0.25, 0.3) is 11.9 Å². The van der Waals surface area contributed by atoms with Crippen LogP contribution in [0.5, 0.6) is 0 Å². The number of oxazole rings is 2. The van der Waals surface area contributed by atoms with E-state index in [1.807, 2.05) is 22.8 Å². The standard InChI is InChI=1S/C25H26FN7O4/c1-15-12-16(2-5-27-15)24-29-19(14-36-24)23(34)28-18-13-20-21(30-22(18)32-6-3-17(26)4-7-32)31-25(37-20)33-8-10-35-11-9-33/h2,5,12-14,17H,3-4,6-11H2,1H3,(H,28,34). The van der Waals surface area contributed by atoms with E-state index >= 15 is 0 Å². The number of amides is 1. The Bertz CT molecular complexity index is 1420. The predicted molar refractivity (Wildman–Crippen MR) is 134 cm³/mol. The number of anilines is 3. The van der Waals surface area contributed by atoms with E-state index < -0.39 is 12.1 Å². The Balaban J connectivity index is 1.31. The third kappa shape index (κ3) is 4.84. The Labute approximate surface area is 211 Å². The predicted octanol–water partition coefficient (Wildman–Crippen LogP) is 3.61. The van der Waals surface area contributed by atoms with Gasteiger partial charge in [0.15, 0.2) is 17.1 Å².